The van der Waals surface area contributed by atoms with Crippen LogP contribution in [0.3, 0.4) is 0 Å². The maximum atomic E-state index is 12.9. The van der Waals surface area contributed by atoms with E-state index >= 15 is 0 Å². The number of nitrogens with one attached hydrogen (secondary N) is 2. The van der Waals surface area contributed by atoms with E-state index in [2.05, 4.69) is 20.8 Å². The number of aliphatic carboxylic acids is 1. The molecule has 1 saturated carbocycles. The van der Waals surface area contributed by atoms with Crippen molar-refractivity contribution >= 4 is 47.2 Å². The number of nitrogens with zero attached hydrogens (tertiary/aromatic N) is 4. The molecule has 176 valence electrons. The molecular weight excluding hydrogens is 491 g/mol. The molecule has 4 heterocycles. The van der Waals surface area contributed by atoms with Crippen molar-refractivity contribution in [2.75, 3.05) is 18.1 Å². The summed E-state index contributed by atoms with van der Waals surface area (Å²) in [7, 11) is 1.77. The monoisotopic (exact) mass is 514 g/mol. The smallest absolute Gasteiger partial charge is 1.00 e. The molecule has 3 N–H and O–H groups in total. The minimum Gasteiger partial charge on any atom is -1.00 e. The molecule has 0 spiro atoms. The number of carbonyl (C=O) groups excluding carboxylic acids is 3. The summed E-state index contributed by atoms with van der Waals surface area (Å²) in [6.07, 6.45) is 3.91. The molecule has 3 aliphatic heterocycles. The Bertz CT molecular complexity index is 1140. The number of amides is 3. The Morgan fingerprint density at radius 3 is 2.74 bits per heavy atom. The Hall–Kier alpha value is -1.80. The van der Waals surface area contributed by atoms with Gasteiger partial charge in [-0.05, 0) is 36.3 Å². The fourth-order valence-corrected chi connectivity index (χ4v) is 6.46. The third-order valence-electron chi connectivity index (χ3n) is 6.06. The summed E-state index contributed by atoms with van der Waals surface area (Å²) in [5, 5.41) is 23.3. The third-order valence-corrected chi connectivity index (χ3v) is 8.37. The largest absolute Gasteiger partial charge is 1.00 e. The number of carboxylic acids is 1. The van der Waals surface area contributed by atoms with Gasteiger partial charge in [-0.15, -0.1) is 22.0 Å². The van der Waals surface area contributed by atoms with Crippen LogP contribution >= 0.6 is 23.5 Å². The Kier molecular flexibility index (Phi) is 7.48. The standard InChI is InChI=1S/C20H22N6O5S2.Na.H/c1-25-8-22-24-20(25)33-7-12(27)23-14-17(29)26-15(19(30)31)11(6-32-18(14)26)13(9-2-3-9)10-4-5-21-16(10)28;;/h8-9,14,18H,2-7H2,1H3,(H,21,28)(H,23,27)(H,30,31);;/q;+1;-1/t14-,18-;;/m1../s1. The number of aromatic nitrogens is 3. The second-order valence-corrected chi connectivity index (χ2v) is 10.3. The number of allylic oxidation sites excluding steroid dienone is 1. The van der Waals surface area contributed by atoms with Crippen LogP contribution in [0.15, 0.2) is 33.9 Å². The zero-order valence-electron chi connectivity index (χ0n) is 19.7. The average molecular weight is 515 g/mol. The molecule has 3 amide bonds. The second kappa shape index (κ2) is 10.1. The van der Waals surface area contributed by atoms with Crippen LogP contribution in [0.5, 0.6) is 0 Å². The van der Waals surface area contributed by atoms with Gasteiger partial charge in [0, 0.05) is 24.9 Å². The normalized spacial score (nSPS) is 25.3. The van der Waals surface area contributed by atoms with Gasteiger partial charge in [-0.1, -0.05) is 11.8 Å². The van der Waals surface area contributed by atoms with E-state index in [-0.39, 0.29) is 60.2 Å². The molecule has 5 rings (SSSR count). The predicted octanol–water partition coefficient (Wildman–Crippen LogP) is -3.01. The van der Waals surface area contributed by atoms with E-state index in [0.29, 0.717) is 35.0 Å². The maximum Gasteiger partial charge on any atom is 1.00 e. The first-order valence-electron chi connectivity index (χ1n) is 10.6. The van der Waals surface area contributed by atoms with Crippen LogP contribution in [0.4, 0.5) is 0 Å². The molecule has 0 unspecified atom stereocenters. The second-order valence-electron chi connectivity index (χ2n) is 8.27. The molecular formula is C20H23N6NaO5S2. The van der Waals surface area contributed by atoms with Crippen molar-refractivity contribution < 1.29 is 55.3 Å². The predicted molar refractivity (Wildman–Crippen MR) is 120 cm³/mol. The molecule has 1 aromatic rings. The first-order chi connectivity index (χ1) is 15.9. The van der Waals surface area contributed by atoms with Gasteiger partial charge >= 0.3 is 35.5 Å². The molecule has 11 nitrogen and oxygen atoms in total. The molecule has 0 aromatic carbocycles. The van der Waals surface area contributed by atoms with Gasteiger partial charge in [-0.3, -0.25) is 19.3 Å². The van der Waals surface area contributed by atoms with Crippen LogP contribution in [0, 0.1) is 5.92 Å². The summed E-state index contributed by atoms with van der Waals surface area (Å²) < 4.78 is 1.69. The van der Waals surface area contributed by atoms with Crippen LogP contribution in [-0.2, 0) is 26.2 Å². The van der Waals surface area contributed by atoms with E-state index in [1.54, 1.807) is 11.6 Å². The minimum absolute atomic E-state index is 0. The summed E-state index contributed by atoms with van der Waals surface area (Å²) in [5.74, 6) is -1.53. The topological polar surface area (TPSA) is 147 Å². The van der Waals surface area contributed by atoms with E-state index < -0.39 is 23.3 Å². The Balaban J connectivity index is 0.00000171. The van der Waals surface area contributed by atoms with Crippen LogP contribution in [-0.4, -0.2) is 77.9 Å². The van der Waals surface area contributed by atoms with Crippen molar-refractivity contribution in [3.63, 3.8) is 0 Å². The van der Waals surface area contributed by atoms with Crippen LogP contribution in [0.2, 0.25) is 0 Å². The number of carboxylic acid groups (broad SMARTS) is 1. The van der Waals surface area contributed by atoms with Crippen molar-refractivity contribution in [1.29, 1.82) is 0 Å². The van der Waals surface area contributed by atoms with Crippen LogP contribution < -0.4 is 40.2 Å². The Morgan fingerprint density at radius 1 is 1.38 bits per heavy atom. The van der Waals surface area contributed by atoms with Gasteiger partial charge < -0.3 is 21.7 Å². The molecule has 2 saturated heterocycles. The van der Waals surface area contributed by atoms with Gasteiger partial charge in [-0.2, -0.15) is 0 Å². The van der Waals surface area contributed by atoms with Crippen molar-refractivity contribution in [2.45, 2.75) is 35.8 Å². The molecule has 0 radical (unpaired) electrons. The number of rotatable bonds is 7. The summed E-state index contributed by atoms with van der Waals surface area (Å²) in [6, 6.07) is -0.787. The molecule has 1 aliphatic carbocycles. The fourth-order valence-electron chi connectivity index (χ4n) is 4.40. The number of hydrogen-bond acceptors (Lipinski definition) is 8. The molecule has 2 atom stereocenters. The Labute approximate surface area is 227 Å². The average Bonchev–Trinajstić information content (AvgIpc) is 3.41. The summed E-state index contributed by atoms with van der Waals surface area (Å²) in [6.45, 7) is 0.541. The molecule has 3 fully saturated rings. The summed E-state index contributed by atoms with van der Waals surface area (Å²) in [5.41, 5.74) is 1.95. The first-order valence-corrected chi connectivity index (χ1v) is 12.6. The zero-order chi connectivity index (χ0) is 23.3. The fraction of sp³-hybridized carbons (Fsp3) is 0.500. The van der Waals surface area contributed by atoms with E-state index in [1.165, 1.54) is 34.8 Å². The van der Waals surface area contributed by atoms with E-state index in [1.807, 2.05) is 0 Å². The van der Waals surface area contributed by atoms with Gasteiger partial charge in [0.25, 0.3) is 5.91 Å². The molecule has 0 bridgehead atoms. The molecule has 4 aliphatic rings. The number of hydrogen-bond donors (Lipinski definition) is 3. The number of fused-ring (bicyclic) bond motifs is 1. The first kappa shape index (κ1) is 25.3. The molecule has 1 aromatic heterocycles. The number of β-lactam (4-membered cyclic amide) rings is 1. The van der Waals surface area contributed by atoms with E-state index in [0.717, 1.165) is 18.4 Å². The minimum atomic E-state index is -1.19. The van der Waals surface area contributed by atoms with Crippen LogP contribution in [0.25, 0.3) is 0 Å². The van der Waals surface area contributed by atoms with E-state index in [9.17, 15) is 24.3 Å². The van der Waals surface area contributed by atoms with Crippen molar-refractivity contribution in [1.82, 2.24) is 30.3 Å². The number of thioether (sulfide) groups is 2. The molecule has 34 heavy (non-hydrogen) atoms. The van der Waals surface area contributed by atoms with Gasteiger partial charge in [0.2, 0.25) is 11.8 Å². The van der Waals surface area contributed by atoms with Crippen molar-refractivity contribution in [3.8, 4) is 0 Å². The van der Waals surface area contributed by atoms with Gasteiger partial charge in [-0.25, -0.2) is 4.79 Å². The van der Waals surface area contributed by atoms with Gasteiger partial charge in [0.15, 0.2) is 5.16 Å². The number of carbonyl (C=O) groups is 4. The van der Waals surface area contributed by atoms with Gasteiger partial charge in [0.05, 0.1) is 5.75 Å². The quantitative estimate of drug-likeness (QED) is 0.150. The summed E-state index contributed by atoms with van der Waals surface area (Å²) in [4.78, 5) is 51.2. The van der Waals surface area contributed by atoms with E-state index in [4.69, 9.17) is 0 Å². The maximum absolute atomic E-state index is 12.9. The third kappa shape index (κ3) is 4.55. The summed E-state index contributed by atoms with van der Waals surface area (Å²) >= 11 is 2.62. The molecule has 14 heteroatoms. The Morgan fingerprint density at radius 2 is 2.15 bits per heavy atom. The van der Waals surface area contributed by atoms with Crippen LogP contribution in [0.1, 0.15) is 20.7 Å². The zero-order valence-corrected chi connectivity index (χ0v) is 22.4. The van der Waals surface area contributed by atoms with Crippen molar-refractivity contribution in [3.05, 3.63) is 28.7 Å². The SMILES string of the molecule is Cn1cnnc1SCC(=O)N[C@@H]1C(=O)N2C(C(=O)O)=C(C(=C3CCNC3=O)C3CC3)CS[C@H]12.[H-].[Na+]. The van der Waals surface area contributed by atoms with Crippen molar-refractivity contribution in [2.24, 2.45) is 13.0 Å². The number of aryl methyl sites for hydroxylation is 1. The van der Waals surface area contributed by atoms with Gasteiger partial charge in [0.1, 0.15) is 23.4 Å².